The van der Waals surface area contributed by atoms with Crippen molar-refractivity contribution in [2.75, 3.05) is 6.61 Å². The Labute approximate surface area is 141 Å². The molecule has 2 rings (SSSR count). The molecule has 0 bridgehead atoms. The van der Waals surface area contributed by atoms with Crippen LogP contribution in [-0.2, 0) is 6.42 Å². The average Bonchev–Trinajstić information content (AvgIpc) is 2.51. The summed E-state index contributed by atoms with van der Waals surface area (Å²) in [5, 5.41) is 2.46. The number of hydrogen-bond acceptors (Lipinski definition) is 2. The fraction of sp³-hybridized carbons (Fsp3) is 0.474. The standard InChI is InChI=1S/C19H25BrO2/c1-4-6-7-12-21-16-9-10-18-15(13-16)8-11-19(17(18)5-2)22-14(3)20/h8-11,13-14H,4-7,12H2,1-3H3. The molecule has 1 unspecified atom stereocenters. The van der Waals surface area contributed by atoms with Gasteiger partial charge in [0.25, 0.3) is 0 Å². The van der Waals surface area contributed by atoms with Crippen molar-refractivity contribution in [3.63, 3.8) is 0 Å². The number of rotatable bonds is 8. The van der Waals surface area contributed by atoms with Gasteiger partial charge in [0.1, 0.15) is 11.5 Å². The second-order valence-electron chi connectivity index (χ2n) is 5.50. The van der Waals surface area contributed by atoms with Crippen LogP contribution in [0.25, 0.3) is 10.8 Å². The molecule has 0 aromatic heterocycles. The van der Waals surface area contributed by atoms with E-state index in [-0.39, 0.29) is 5.01 Å². The Hall–Kier alpha value is -1.22. The summed E-state index contributed by atoms with van der Waals surface area (Å²) in [5.74, 6) is 1.91. The maximum Gasteiger partial charge on any atom is 0.150 e. The van der Waals surface area contributed by atoms with Crippen LogP contribution in [0.3, 0.4) is 0 Å². The summed E-state index contributed by atoms with van der Waals surface area (Å²) in [7, 11) is 0. The van der Waals surface area contributed by atoms with Crippen LogP contribution < -0.4 is 9.47 Å². The summed E-state index contributed by atoms with van der Waals surface area (Å²) in [6.45, 7) is 7.14. The van der Waals surface area contributed by atoms with Crippen LogP contribution >= 0.6 is 15.9 Å². The van der Waals surface area contributed by atoms with Crippen molar-refractivity contribution in [1.82, 2.24) is 0 Å². The predicted octanol–water partition coefficient (Wildman–Crippen LogP) is 6.09. The van der Waals surface area contributed by atoms with E-state index in [0.29, 0.717) is 0 Å². The van der Waals surface area contributed by atoms with Crippen LogP contribution in [0.2, 0.25) is 0 Å². The summed E-state index contributed by atoms with van der Waals surface area (Å²) < 4.78 is 11.7. The van der Waals surface area contributed by atoms with E-state index in [4.69, 9.17) is 9.47 Å². The van der Waals surface area contributed by atoms with Crippen molar-refractivity contribution < 1.29 is 9.47 Å². The third kappa shape index (κ3) is 4.39. The van der Waals surface area contributed by atoms with Gasteiger partial charge in [-0.2, -0.15) is 0 Å². The minimum Gasteiger partial charge on any atom is -0.494 e. The molecule has 0 heterocycles. The average molecular weight is 365 g/mol. The van der Waals surface area contributed by atoms with Gasteiger partial charge >= 0.3 is 0 Å². The van der Waals surface area contributed by atoms with Crippen LogP contribution in [-0.4, -0.2) is 11.6 Å². The SMILES string of the molecule is CCCCCOc1ccc2c(CC)c(OC(C)Br)ccc2c1. The Morgan fingerprint density at radius 2 is 1.91 bits per heavy atom. The minimum atomic E-state index is 0.0106. The van der Waals surface area contributed by atoms with Gasteiger partial charge in [-0.25, -0.2) is 0 Å². The van der Waals surface area contributed by atoms with Crippen molar-refractivity contribution in [2.45, 2.75) is 51.5 Å². The fourth-order valence-corrected chi connectivity index (χ4v) is 2.84. The van der Waals surface area contributed by atoms with E-state index in [0.717, 1.165) is 30.9 Å². The van der Waals surface area contributed by atoms with Gasteiger partial charge < -0.3 is 9.47 Å². The molecule has 0 saturated carbocycles. The van der Waals surface area contributed by atoms with Gasteiger partial charge in [-0.05, 0) is 64.7 Å². The number of alkyl halides is 1. The molecule has 2 aromatic rings. The van der Waals surface area contributed by atoms with Gasteiger partial charge in [0.15, 0.2) is 5.01 Å². The molecule has 0 fully saturated rings. The summed E-state index contributed by atoms with van der Waals surface area (Å²) in [6, 6.07) is 10.5. The molecule has 0 amide bonds. The zero-order chi connectivity index (χ0) is 15.9. The van der Waals surface area contributed by atoms with E-state index in [1.165, 1.54) is 29.2 Å². The van der Waals surface area contributed by atoms with Crippen molar-refractivity contribution in [3.05, 3.63) is 35.9 Å². The van der Waals surface area contributed by atoms with Gasteiger partial charge in [-0.3, -0.25) is 0 Å². The number of unbranched alkanes of at least 4 members (excludes halogenated alkanes) is 2. The summed E-state index contributed by atoms with van der Waals surface area (Å²) >= 11 is 3.45. The summed E-state index contributed by atoms with van der Waals surface area (Å²) in [6.07, 6.45) is 4.50. The van der Waals surface area contributed by atoms with E-state index < -0.39 is 0 Å². The van der Waals surface area contributed by atoms with Crippen LogP contribution in [0.4, 0.5) is 0 Å². The van der Waals surface area contributed by atoms with Crippen molar-refractivity contribution >= 4 is 26.7 Å². The van der Waals surface area contributed by atoms with Gasteiger partial charge in [0.05, 0.1) is 6.61 Å². The molecule has 0 aliphatic heterocycles. The zero-order valence-corrected chi connectivity index (χ0v) is 15.3. The third-order valence-corrected chi connectivity index (χ3v) is 3.91. The molecule has 0 radical (unpaired) electrons. The first-order valence-corrected chi connectivity index (χ1v) is 9.06. The zero-order valence-electron chi connectivity index (χ0n) is 13.7. The predicted molar refractivity (Wildman–Crippen MR) is 97.4 cm³/mol. The molecule has 22 heavy (non-hydrogen) atoms. The molecule has 2 aromatic carbocycles. The van der Waals surface area contributed by atoms with Crippen LogP contribution in [0, 0.1) is 0 Å². The molecule has 0 spiro atoms. The lowest BCUT2D eigenvalue weighted by molar-refractivity contribution is 0.306. The highest BCUT2D eigenvalue weighted by molar-refractivity contribution is 9.09. The van der Waals surface area contributed by atoms with E-state index >= 15 is 0 Å². The summed E-state index contributed by atoms with van der Waals surface area (Å²) in [4.78, 5) is 0. The molecule has 1 atom stereocenters. The Bertz CT molecular complexity index is 608. The normalized spacial score (nSPS) is 12.4. The lowest BCUT2D eigenvalue weighted by Gasteiger charge is -2.15. The van der Waals surface area contributed by atoms with Crippen LogP contribution in [0.5, 0.6) is 11.5 Å². The van der Waals surface area contributed by atoms with Gasteiger partial charge in [0, 0.05) is 5.56 Å². The molecule has 0 N–H and O–H groups in total. The second-order valence-corrected chi connectivity index (χ2v) is 6.78. The van der Waals surface area contributed by atoms with Crippen molar-refractivity contribution in [1.29, 1.82) is 0 Å². The summed E-state index contributed by atoms with van der Waals surface area (Å²) in [5.41, 5.74) is 1.25. The highest BCUT2D eigenvalue weighted by Gasteiger charge is 2.10. The Morgan fingerprint density at radius 3 is 2.59 bits per heavy atom. The number of fused-ring (bicyclic) bond motifs is 1. The smallest absolute Gasteiger partial charge is 0.150 e. The Morgan fingerprint density at radius 1 is 1.09 bits per heavy atom. The lowest BCUT2D eigenvalue weighted by atomic mass is 10.0. The first-order valence-electron chi connectivity index (χ1n) is 8.14. The molecular weight excluding hydrogens is 340 g/mol. The monoisotopic (exact) mass is 364 g/mol. The topological polar surface area (TPSA) is 18.5 Å². The highest BCUT2D eigenvalue weighted by Crippen LogP contribution is 2.32. The first-order chi connectivity index (χ1) is 10.7. The van der Waals surface area contributed by atoms with Crippen LogP contribution in [0.15, 0.2) is 30.3 Å². The molecule has 0 aliphatic carbocycles. The van der Waals surface area contributed by atoms with Crippen molar-refractivity contribution in [2.24, 2.45) is 0 Å². The number of ether oxygens (including phenoxy) is 2. The van der Waals surface area contributed by atoms with Gasteiger partial charge in [-0.1, -0.05) is 38.8 Å². The number of aryl methyl sites for hydroxylation is 1. The highest BCUT2D eigenvalue weighted by atomic mass is 79.9. The molecule has 0 saturated heterocycles. The van der Waals surface area contributed by atoms with Crippen molar-refractivity contribution in [3.8, 4) is 11.5 Å². The molecule has 2 nitrogen and oxygen atoms in total. The third-order valence-electron chi connectivity index (χ3n) is 3.72. The maximum absolute atomic E-state index is 5.85. The largest absolute Gasteiger partial charge is 0.494 e. The van der Waals surface area contributed by atoms with E-state index in [1.807, 2.05) is 6.92 Å². The van der Waals surface area contributed by atoms with Crippen LogP contribution in [0.1, 0.15) is 45.6 Å². The van der Waals surface area contributed by atoms with Gasteiger partial charge in [-0.15, -0.1) is 0 Å². The number of hydrogen-bond donors (Lipinski definition) is 0. The van der Waals surface area contributed by atoms with Gasteiger partial charge in [0.2, 0.25) is 0 Å². The number of benzene rings is 2. The molecule has 0 aliphatic rings. The first kappa shape index (κ1) is 17.1. The minimum absolute atomic E-state index is 0.0106. The molecular formula is C19H25BrO2. The molecule has 3 heteroatoms. The quantitative estimate of drug-likeness (QED) is 0.416. The second kappa shape index (κ2) is 8.42. The Kier molecular flexibility index (Phi) is 6.56. The van der Waals surface area contributed by atoms with E-state index in [1.54, 1.807) is 0 Å². The Balaban J connectivity index is 2.23. The number of halogens is 1. The van der Waals surface area contributed by atoms with E-state index in [2.05, 4.69) is 60.1 Å². The maximum atomic E-state index is 5.85. The lowest BCUT2D eigenvalue weighted by Crippen LogP contribution is -2.04. The molecule has 120 valence electrons. The fourth-order valence-electron chi connectivity index (χ4n) is 2.63. The van der Waals surface area contributed by atoms with E-state index in [9.17, 15) is 0 Å².